The Morgan fingerprint density at radius 1 is 1.53 bits per heavy atom. The Balaban J connectivity index is 2.03. The van der Waals surface area contributed by atoms with E-state index in [1.54, 1.807) is 18.2 Å². The first-order valence-electron chi connectivity index (χ1n) is 6.40. The van der Waals surface area contributed by atoms with Crippen LogP contribution in [0.25, 0.3) is 0 Å². The predicted octanol–water partition coefficient (Wildman–Crippen LogP) is 1.29. The number of methoxy groups -OCH3 is 1. The molecular weight excluding hydrogens is 247 g/mol. The first-order valence-corrected chi connectivity index (χ1v) is 6.40. The SMILES string of the molecule is COC(CN)CC(=O)NC1(c2ccccc2F)CC1. The Kier molecular flexibility index (Phi) is 4.17. The van der Waals surface area contributed by atoms with Crippen LogP contribution in [-0.4, -0.2) is 25.7 Å². The molecule has 0 heterocycles. The maximum Gasteiger partial charge on any atom is 0.223 e. The van der Waals surface area contributed by atoms with Crippen molar-refractivity contribution in [3.63, 3.8) is 0 Å². The zero-order valence-corrected chi connectivity index (χ0v) is 11.0. The molecule has 0 aliphatic heterocycles. The smallest absolute Gasteiger partial charge is 0.223 e. The molecular formula is C14H19FN2O2. The van der Waals surface area contributed by atoms with Gasteiger partial charge in [0.2, 0.25) is 5.91 Å². The highest BCUT2D eigenvalue weighted by Gasteiger charge is 2.47. The fraction of sp³-hybridized carbons (Fsp3) is 0.500. The number of ether oxygens (including phenoxy) is 1. The minimum atomic E-state index is -0.532. The Labute approximate surface area is 112 Å². The molecule has 1 aromatic carbocycles. The summed E-state index contributed by atoms with van der Waals surface area (Å²) in [5.74, 6) is -0.430. The second-order valence-electron chi connectivity index (χ2n) is 4.91. The van der Waals surface area contributed by atoms with E-state index in [1.807, 2.05) is 0 Å². The summed E-state index contributed by atoms with van der Waals surface area (Å²) in [6.45, 7) is 0.288. The Morgan fingerprint density at radius 3 is 2.74 bits per heavy atom. The van der Waals surface area contributed by atoms with Gasteiger partial charge in [0.05, 0.1) is 18.1 Å². The minimum absolute atomic E-state index is 0.155. The molecule has 0 spiro atoms. The summed E-state index contributed by atoms with van der Waals surface area (Å²) in [5, 5.41) is 2.91. The molecule has 0 bridgehead atoms. The van der Waals surface area contributed by atoms with Crippen molar-refractivity contribution in [2.24, 2.45) is 5.73 Å². The van der Waals surface area contributed by atoms with Gasteiger partial charge in [-0.1, -0.05) is 18.2 Å². The number of nitrogens with two attached hydrogens (primary N) is 1. The fourth-order valence-corrected chi connectivity index (χ4v) is 2.22. The van der Waals surface area contributed by atoms with Crippen molar-refractivity contribution >= 4 is 5.91 Å². The van der Waals surface area contributed by atoms with E-state index < -0.39 is 5.54 Å². The standard InChI is InChI=1S/C14H19FN2O2/c1-19-10(9-16)8-13(18)17-14(6-7-14)11-4-2-3-5-12(11)15/h2-5,10H,6-9,16H2,1H3,(H,17,18). The van der Waals surface area contributed by atoms with E-state index in [0.29, 0.717) is 5.56 Å². The molecule has 0 radical (unpaired) electrons. The lowest BCUT2D eigenvalue weighted by molar-refractivity contribution is -0.124. The van der Waals surface area contributed by atoms with Gasteiger partial charge in [0.25, 0.3) is 0 Å². The van der Waals surface area contributed by atoms with E-state index in [4.69, 9.17) is 10.5 Å². The lowest BCUT2D eigenvalue weighted by Gasteiger charge is -2.20. The van der Waals surface area contributed by atoms with Gasteiger partial charge in [-0.15, -0.1) is 0 Å². The maximum atomic E-state index is 13.8. The third-order valence-electron chi connectivity index (χ3n) is 3.53. The average Bonchev–Trinajstić information content (AvgIpc) is 3.17. The van der Waals surface area contributed by atoms with Gasteiger partial charge >= 0.3 is 0 Å². The van der Waals surface area contributed by atoms with Crippen LogP contribution < -0.4 is 11.1 Å². The van der Waals surface area contributed by atoms with Gasteiger partial charge in [0.15, 0.2) is 0 Å². The molecule has 1 aromatic rings. The van der Waals surface area contributed by atoms with Gasteiger partial charge < -0.3 is 15.8 Å². The highest BCUT2D eigenvalue weighted by atomic mass is 19.1. The highest BCUT2D eigenvalue weighted by Crippen LogP contribution is 2.46. The first kappa shape index (κ1) is 14.0. The molecule has 2 rings (SSSR count). The van der Waals surface area contributed by atoms with E-state index in [9.17, 15) is 9.18 Å². The molecule has 1 atom stereocenters. The number of hydrogen-bond acceptors (Lipinski definition) is 3. The van der Waals surface area contributed by atoms with Gasteiger partial charge in [0.1, 0.15) is 5.82 Å². The van der Waals surface area contributed by atoms with Crippen LogP contribution in [0.1, 0.15) is 24.8 Å². The first-order chi connectivity index (χ1) is 9.11. The van der Waals surface area contributed by atoms with E-state index in [-0.39, 0.29) is 30.8 Å². The lowest BCUT2D eigenvalue weighted by Crippen LogP contribution is -2.39. The number of hydrogen-bond donors (Lipinski definition) is 2. The normalized spacial score (nSPS) is 17.8. The molecule has 19 heavy (non-hydrogen) atoms. The molecule has 1 saturated carbocycles. The van der Waals surface area contributed by atoms with E-state index in [1.165, 1.54) is 13.2 Å². The maximum absolute atomic E-state index is 13.8. The van der Waals surface area contributed by atoms with Gasteiger partial charge in [-0.25, -0.2) is 4.39 Å². The zero-order chi connectivity index (χ0) is 13.9. The monoisotopic (exact) mass is 266 g/mol. The Bertz CT molecular complexity index is 457. The molecule has 104 valence electrons. The summed E-state index contributed by atoms with van der Waals surface area (Å²) < 4.78 is 18.8. The summed E-state index contributed by atoms with van der Waals surface area (Å²) in [6, 6.07) is 6.56. The van der Waals surface area contributed by atoms with E-state index in [2.05, 4.69) is 5.32 Å². The number of benzene rings is 1. The molecule has 1 aliphatic rings. The van der Waals surface area contributed by atoms with Crippen LogP contribution in [0.5, 0.6) is 0 Å². The van der Waals surface area contributed by atoms with Crippen LogP contribution in [0.3, 0.4) is 0 Å². The molecule has 3 N–H and O–H groups in total. The van der Waals surface area contributed by atoms with Crippen LogP contribution in [0.4, 0.5) is 4.39 Å². The molecule has 0 aromatic heterocycles. The number of halogens is 1. The minimum Gasteiger partial charge on any atom is -0.380 e. The van der Waals surface area contributed by atoms with Gasteiger partial charge in [-0.3, -0.25) is 4.79 Å². The summed E-state index contributed by atoms with van der Waals surface area (Å²) in [4.78, 5) is 11.9. The van der Waals surface area contributed by atoms with Crippen molar-refractivity contribution in [1.82, 2.24) is 5.32 Å². The molecule has 1 fully saturated rings. The summed E-state index contributed by atoms with van der Waals surface area (Å²) >= 11 is 0. The molecule has 1 unspecified atom stereocenters. The summed E-state index contributed by atoms with van der Waals surface area (Å²) in [7, 11) is 1.52. The van der Waals surface area contributed by atoms with Crippen LogP contribution >= 0.6 is 0 Å². The second-order valence-corrected chi connectivity index (χ2v) is 4.91. The molecule has 5 heteroatoms. The van der Waals surface area contributed by atoms with E-state index in [0.717, 1.165) is 12.8 Å². The topological polar surface area (TPSA) is 64.3 Å². The summed E-state index contributed by atoms with van der Waals surface area (Å²) in [5.41, 5.74) is 5.51. The predicted molar refractivity (Wildman–Crippen MR) is 69.9 cm³/mol. The molecule has 4 nitrogen and oxygen atoms in total. The molecule has 1 aliphatic carbocycles. The Hall–Kier alpha value is -1.46. The number of carbonyl (C=O) groups excluding carboxylic acids is 1. The summed E-state index contributed by atoms with van der Waals surface area (Å²) in [6.07, 6.45) is 1.43. The Morgan fingerprint density at radius 2 is 2.21 bits per heavy atom. The zero-order valence-electron chi connectivity index (χ0n) is 11.0. The van der Waals surface area contributed by atoms with Gasteiger partial charge in [-0.05, 0) is 18.9 Å². The third-order valence-corrected chi connectivity index (χ3v) is 3.53. The van der Waals surface area contributed by atoms with Crippen LogP contribution in [0, 0.1) is 5.82 Å². The van der Waals surface area contributed by atoms with Gasteiger partial charge in [0, 0.05) is 19.2 Å². The second kappa shape index (κ2) is 5.67. The number of amides is 1. The fourth-order valence-electron chi connectivity index (χ4n) is 2.22. The number of nitrogens with one attached hydrogen (secondary N) is 1. The van der Waals surface area contributed by atoms with Crippen molar-refractivity contribution in [2.45, 2.75) is 30.9 Å². The van der Waals surface area contributed by atoms with Crippen molar-refractivity contribution in [1.29, 1.82) is 0 Å². The molecule has 0 saturated heterocycles. The van der Waals surface area contributed by atoms with Crippen molar-refractivity contribution < 1.29 is 13.9 Å². The highest BCUT2D eigenvalue weighted by molar-refractivity contribution is 5.78. The van der Waals surface area contributed by atoms with Gasteiger partial charge in [-0.2, -0.15) is 0 Å². The van der Waals surface area contributed by atoms with Crippen molar-refractivity contribution in [3.05, 3.63) is 35.6 Å². The van der Waals surface area contributed by atoms with Crippen LogP contribution in [0.15, 0.2) is 24.3 Å². The lowest BCUT2D eigenvalue weighted by atomic mass is 10.0. The average molecular weight is 266 g/mol. The molecule has 1 amide bonds. The van der Waals surface area contributed by atoms with Crippen molar-refractivity contribution in [3.8, 4) is 0 Å². The van der Waals surface area contributed by atoms with Crippen molar-refractivity contribution in [2.75, 3.05) is 13.7 Å². The number of rotatable bonds is 6. The largest absolute Gasteiger partial charge is 0.380 e. The van der Waals surface area contributed by atoms with Crippen LogP contribution in [-0.2, 0) is 15.1 Å². The van der Waals surface area contributed by atoms with Crippen LogP contribution in [0.2, 0.25) is 0 Å². The quantitative estimate of drug-likeness (QED) is 0.815. The third kappa shape index (κ3) is 3.11. The van der Waals surface area contributed by atoms with E-state index >= 15 is 0 Å². The number of carbonyl (C=O) groups is 1.